The van der Waals surface area contributed by atoms with E-state index in [0.29, 0.717) is 11.3 Å². The summed E-state index contributed by atoms with van der Waals surface area (Å²) in [6.07, 6.45) is 0. The zero-order valence-electron chi connectivity index (χ0n) is 11.5. The van der Waals surface area contributed by atoms with Crippen molar-refractivity contribution in [1.82, 2.24) is 5.32 Å². The third-order valence-corrected chi connectivity index (χ3v) is 3.00. The van der Waals surface area contributed by atoms with E-state index in [4.69, 9.17) is 4.74 Å². The highest BCUT2D eigenvalue weighted by Crippen LogP contribution is 2.30. The van der Waals surface area contributed by atoms with Gasteiger partial charge in [-0.3, -0.25) is 9.59 Å². The third-order valence-electron chi connectivity index (χ3n) is 2.51. The SMILES string of the molecule is CNC(=O)COc1ccc(Br)cc1C(=O)C(C)(C)C. The lowest BCUT2D eigenvalue weighted by Gasteiger charge is -2.19. The first-order chi connectivity index (χ1) is 8.75. The summed E-state index contributed by atoms with van der Waals surface area (Å²) in [5, 5.41) is 2.47. The highest BCUT2D eigenvalue weighted by atomic mass is 79.9. The van der Waals surface area contributed by atoms with Crippen LogP contribution in [-0.2, 0) is 4.79 Å². The lowest BCUT2D eigenvalue weighted by Crippen LogP contribution is -2.26. The Balaban J connectivity index is 3.05. The first-order valence-corrected chi connectivity index (χ1v) is 6.72. The Morgan fingerprint density at radius 2 is 1.95 bits per heavy atom. The minimum absolute atomic E-state index is 0.0271. The van der Waals surface area contributed by atoms with E-state index in [2.05, 4.69) is 21.2 Å². The maximum Gasteiger partial charge on any atom is 0.257 e. The van der Waals surface area contributed by atoms with Gasteiger partial charge in [-0.25, -0.2) is 0 Å². The van der Waals surface area contributed by atoms with Gasteiger partial charge < -0.3 is 10.1 Å². The molecule has 0 unspecified atom stereocenters. The molecule has 0 saturated carbocycles. The molecule has 19 heavy (non-hydrogen) atoms. The zero-order chi connectivity index (χ0) is 14.6. The summed E-state index contributed by atoms with van der Waals surface area (Å²) in [6, 6.07) is 5.18. The second-order valence-electron chi connectivity index (χ2n) is 5.18. The Morgan fingerprint density at radius 3 is 2.47 bits per heavy atom. The summed E-state index contributed by atoms with van der Waals surface area (Å²) < 4.78 is 6.21. The van der Waals surface area contributed by atoms with Crippen LogP contribution in [0, 0.1) is 5.41 Å². The first kappa shape index (κ1) is 15.7. The summed E-state index contributed by atoms with van der Waals surface area (Å²) in [4.78, 5) is 23.6. The maximum atomic E-state index is 12.4. The molecule has 0 spiro atoms. The summed E-state index contributed by atoms with van der Waals surface area (Å²) in [6.45, 7) is 5.43. The number of benzene rings is 1. The second kappa shape index (κ2) is 6.19. The predicted molar refractivity (Wildman–Crippen MR) is 77.5 cm³/mol. The molecule has 1 rings (SSSR count). The van der Waals surface area contributed by atoms with Crippen molar-refractivity contribution in [3.63, 3.8) is 0 Å². The van der Waals surface area contributed by atoms with Crippen LogP contribution in [0.4, 0.5) is 0 Å². The molecular weight excluding hydrogens is 310 g/mol. The average molecular weight is 328 g/mol. The molecule has 0 heterocycles. The molecule has 5 heteroatoms. The van der Waals surface area contributed by atoms with Crippen molar-refractivity contribution < 1.29 is 14.3 Å². The molecule has 4 nitrogen and oxygen atoms in total. The van der Waals surface area contributed by atoms with Crippen molar-refractivity contribution in [2.24, 2.45) is 5.41 Å². The fourth-order valence-electron chi connectivity index (χ4n) is 1.42. The standard InChI is InChI=1S/C14H18BrNO3/c1-14(2,3)13(18)10-7-9(15)5-6-11(10)19-8-12(17)16-4/h5-7H,8H2,1-4H3,(H,16,17). The van der Waals surface area contributed by atoms with E-state index in [1.807, 2.05) is 20.8 Å². The average Bonchev–Trinajstić information content (AvgIpc) is 2.34. The van der Waals surface area contributed by atoms with Gasteiger partial charge in [-0.15, -0.1) is 0 Å². The van der Waals surface area contributed by atoms with Crippen LogP contribution in [0.15, 0.2) is 22.7 Å². The summed E-state index contributed by atoms with van der Waals surface area (Å²) in [5.41, 5.74) is -0.0304. The zero-order valence-corrected chi connectivity index (χ0v) is 13.1. The molecule has 0 bridgehead atoms. The Labute approximate surface area is 121 Å². The van der Waals surface area contributed by atoms with E-state index in [1.165, 1.54) is 7.05 Å². The molecule has 0 aliphatic carbocycles. The fraction of sp³-hybridized carbons (Fsp3) is 0.429. The van der Waals surface area contributed by atoms with Gasteiger partial charge >= 0.3 is 0 Å². The van der Waals surface area contributed by atoms with Crippen LogP contribution in [-0.4, -0.2) is 25.3 Å². The first-order valence-electron chi connectivity index (χ1n) is 5.93. The molecule has 0 aliphatic rings. The number of amides is 1. The molecule has 0 aliphatic heterocycles. The highest BCUT2D eigenvalue weighted by Gasteiger charge is 2.26. The number of rotatable bonds is 4. The Bertz CT molecular complexity index is 492. The van der Waals surface area contributed by atoms with Gasteiger partial charge in [0.1, 0.15) is 5.75 Å². The van der Waals surface area contributed by atoms with Crippen molar-refractivity contribution in [3.8, 4) is 5.75 Å². The fourth-order valence-corrected chi connectivity index (χ4v) is 1.79. The smallest absolute Gasteiger partial charge is 0.257 e. The monoisotopic (exact) mass is 327 g/mol. The van der Waals surface area contributed by atoms with E-state index in [9.17, 15) is 9.59 Å². The van der Waals surface area contributed by atoms with Gasteiger partial charge in [0.25, 0.3) is 5.91 Å². The summed E-state index contributed by atoms with van der Waals surface area (Å²) in [5.74, 6) is 0.157. The lowest BCUT2D eigenvalue weighted by molar-refractivity contribution is -0.122. The number of likely N-dealkylation sites (N-methyl/N-ethyl adjacent to an activating group) is 1. The minimum atomic E-state index is -0.508. The Kier molecular flexibility index (Phi) is 5.11. The Morgan fingerprint density at radius 1 is 1.32 bits per heavy atom. The molecular formula is C14H18BrNO3. The van der Waals surface area contributed by atoms with Gasteiger partial charge in [0.2, 0.25) is 0 Å². The molecule has 0 radical (unpaired) electrons. The van der Waals surface area contributed by atoms with Crippen molar-refractivity contribution in [1.29, 1.82) is 0 Å². The largest absolute Gasteiger partial charge is 0.483 e. The lowest BCUT2D eigenvalue weighted by atomic mass is 9.86. The van der Waals surface area contributed by atoms with Crippen LogP contribution < -0.4 is 10.1 Å². The minimum Gasteiger partial charge on any atom is -0.483 e. The van der Waals surface area contributed by atoms with E-state index in [1.54, 1.807) is 18.2 Å². The number of ether oxygens (including phenoxy) is 1. The van der Waals surface area contributed by atoms with Crippen LogP contribution >= 0.6 is 15.9 Å². The normalized spacial score (nSPS) is 11.0. The molecule has 1 amide bonds. The van der Waals surface area contributed by atoms with Crippen LogP contribution in [0.1, 0.15) is 31.1 Å². The molecule has 0 aromatic heterocycles. The summed E-state index contributed by atoms with van der Waals surface area (Å²) >= 11 is 3.34. The van der Waals surface area contributed by atoms with Crippen molar-refractivity contribution in [3.05, 3.63) is 28.2 Å². The number of carbonyl (C=O) groups excluding carboxylic acids is 2. The van der Waals surface area contributed by atoms with Crippen LogP contribution in [0.5, 0.6) is 5.75 Å². The number of Topliss-reactive ketones (excluding diaryl/α,β-unsaturated/α-hetero) is 1. The van der Waals surface area contributed by atoms with Crippen molar-refractivity contribution in [2.45, 2.75) is 20.8 Å². The van der Waals surface area contributed by atoms with E-state index < -0.39 is 5.41 Å². The molecule has 1 aromatic carbocycles. The molecule has 0 atom stereocenters. The topological polar surface area (TPSA) is 55.4 Å². The molecule has 0 saturated heterocycles. The predicted octanol–water partition coefficient (Wildman–Crippen LogP) is 2.80. The maximum absolute atomic E-state index is 12.4. The third kappa shape index (κ3) is 4.35. The van der Waals surface area contributed by atoms with Gasteiger partial charge in [-0.1, -0.05) is 36.7 Å². The molecule has 104 valence electrons. The van der Waals surface area contributed by atoms with Gasteiger partial charge in [0, 0.05) is 16.9 Å². The van der Waals surface area contributed by atoms with Crippen LogP contribution in [0.3, 0.4) is 0 Å². The number of ketones is 1. The van der Waals surface area contributed by atoms with Crippen LogP contribution in [0.2, 0.25) is 0 Å². The van der Waals surface area contributed by atoms with Crippen molar-refractivity contribution >= 4 is 27.6 Å². The summed E-state index contributed by atoms with van der Waals surface area (Å²) in [7, 11) is 1.54. The second-order valence-corrected chi connectivity index (χ2v) is 6.10. The number of hydrogen-bond acceptors (Lipinski definition) is 3. The number of halogens is 1. The van der Waals surface area contributed by atoms with Gasteiger partial charge in [0.05, 0.1) is 5.56 Å². The van der Waals surface area contributed by atoms with E-state index >= 15 is 0 Å². The Hall–Kier alpha value is -1.36. The number of nitrogens with one attached hydrogen (secondary N) is 1. The van der Waals surface area contributed by atoms with Crippen LogP contribution in [0.25, 0.3) is 0 Å². The van der Waals surface area contributed by atoms with Crippen molar-refractivity contribution in [2.75, 3.05) is 13.7 Å². The highest BCUT2D eigenvalue weighted by molar-refractivity contribution is 9.10. The number of carbonyl (C=O) groups is 2. The van der Waals surface area contributed by atoms with E-state index in [0.717, 1.165) is 4.47 Å². The van der Waals surface area contributed by atoms with E-state index in [-0.39, 0.29) is 18.3 Å². The quantitative estimate of drug-likeness (QED) is 0.865. The molecule has 1 aromatic rings. The molecule has 0 fully saturated rings. The van der Waals surface area contributed by atoms with Gasteiger partial charge in [-0.05, 0) is 18.2 Å². The van der Waals surface area contributed by atoms with Gasteiger partial charge in [-0.2, -0.15) is 0 Å². The molecule has 1 N–H and O–H groups in total. The number of hydrogen-bond donors (Lipinski definition) is 1. The van der Waals surface area contributed by atoms with Gasteiger partial charge in [0.15, 0.2) is 12.4 Å².